The molecule has 0 aromatic heterocycles. The Morgan fingerprint density at radius 3 is 2.13 bits per heavy atom. The van der Waals surface area contributed by atoms with Gasteiger partial charge in [0.05, 0.1) is 11.3 Å². The zero-order chi connectivity index (χ0) is 33.5. The van der Waals surface area contributed by atoms with Crippen LogP contribution >= 0.6 is 0 Å². The summed E-state index contributed by atoms with van der Waals surface area (Å²) >= 11 is 0. The Morgan fingerprint density at radius 2 is 1.56 bits per heavy atom. The van der Waals surface area contributed by atoms with Gasteiger partial charge in [-0.05, 0) is 49.7 Å². The molecular formula is C38H60O7. The van der Waals surface area contributed by atoms with E-state index in [1.807, 2.05) is 20.8 Å². The molecule has 0 aromatic rings. The van der Waals surface area contributed by atoms with Crippen molar-refractivity contribution in [2.24, 2.45) is 40.4 Å². The number of rotatable bonds is 14. The lowest BCUT2D eigenvalue weighted by atomic mass is 9.59. The van der Waals surface area contributed by atoms with Crippen LogP contribution < -0.4 is 0 Å². The first-order valence-electron chi connectivity index (χ1n) is 17.8. The fourth-order valence-electron chi connectivity index (χ4n) is 9.20. The Kier molecular flexibility index (Phi) is 10.6. The summed E-state index contributed by atoms with van der Waals surface area (Å²) in [6.45, 7) is 17.4. The number of unbranched alkanes of at least 4 members (excludes halogenated alkanes) is 8. The van der Waals surface area contributed by atoms with E-state index in [-0.39, 0.29) is 23.6 Å². The van der Waals surface area contributed by atoms with Crippen molar-refractivity contribution in [3.8, 4) is 0 Å². The molecule has 4 aliphatic carbocycles. The number of carbonyl (C=O) groups excluding carboxylic acids is 3. The molecule has 0 aromatic carbocycles. The Bertz CT molecular complexity index is 1200. The van der Waals surface area contributed by atoms with Gasteiger partial charge in [-0.15, -0.1) is 0 Å². The lowest BCUT2D eigenvalue weighted by Gasteiger charge is -2.49. The van der Waals surface area contributed by atoms with E-state index in [4.69, 9.17) is 9.47 Å². The molecule has 4 rings (SSSR count). The number of ether oxygens (including phenoxy) is 2. The Morgan fingerprint density at radius 1 is 0.978 bits per heavy atom. The van der Waals surface area contributed by atoms with Crippen LogP contribution in [0.15, 0.2) is 23.3 Å². The number of Topliss-reactive ketones (excluding diaryl/α,β-unsaturated/α-hetero) is 1. The van der Waals surface area contributed by atoms with Crippen molar-refractivity contribution < 1.29 is 34.1 Å². The van der Waals surface area contributed by atoms with Gasteiger partial charge in [-0.25, -0.2) is 0 Å². The van der Waals surface area contributed by atoms with Crippen molar-refractivity contribution >= 4 is 17.7 Å². The summed E-state index contributed by atoms with van der Waals surface area (Å²) in [7, 11) is 0. The second kappa shape index (κ2) is 13.3. The molecule has 9 atom stereocenters. The van der Waals surface area contributed by atoms with Gasteiger partial charge in [0.25, 0.3) is 0 Å². The maximum atomic E-state index is 14.8. The zero-order valence-electron chi connectivity index (χ0n) is 29.4. The van der Waals surface area contributed by atoms with Crippen LogP contribution in [0, 0.1) is 40.4 Å². The lowest BCUT2D eigenvalue weighted by molar-refractivity contribution is -0.206. The lowest BCUT2D eigenvalue weighted by Crippen LogP contribution is -2.65. The number of allylic oxidation sites excluding steroid dienone is 1. The average Bonchev–Trinajstić information content (AvgIpc) is 3.37. The van der Waals surface area contributed by atoms with Gasteiger partial charge in [-0.3, -0.25) is 14.4 Å². The number of hydrogen-bond acceptors (Lipinski definition) is 7. The quantitative estimate of drug-likeness (QED) is 0.118. The van der Waals surface area contributed by atoms with E-state index in [9.17, 15) is 24.6 Å². The molecule has 1 spiro atoms. The molecule has 0 heterocycles. The summed E-state index contributed by atoms with van der Waals surface area (Å²) in [6.07, 6.45) is 12.1. The Labute approximate surface area is 271 Å². The van der Waals surface area contributed by atoms with Gasteiger partial charge in [0.2, 0.25) is 0 Å². The maximum Gasteiger partial charge on any atom is 0.309 e. The average molecular weight is 629 g/mol. The minimum absolute atomic E-state index is 0.0229. The molecule has 0 saturated heterocycles. The number of aliphatic hydroxyl groups is 2. The van der Waals surface area contributed by atoms with E-state index in [0.29, 0.717) is 24.0 Å². The van der Waals surface area contributed by atoms with Gasteiger partial charge in [0, 0.05) is 23.7 Å². The molecule has 2 N–H and O–H groups in total. The summed E-state index contributed by atoms with van der Waals surface area (Å²) in [5.74, 6) is -2.75. The smallest absolute Gasteiger partial charge is 0.309 e. The Hall–Kier alpha value is -1.99. The first-order valence-corrected chi connectivity index (χ1v) is 17.8. The molecule has 2 saturated carbocycles. The molecule has 254 valence electrons. The van der Waals surface area contributed by atoms with Crippen LogP contribution in [-0.2, 0) is 23.9 Å². The van der Waals surface area contributed by atoms with E-state index in [0.717, 1.165) is 19.3 Å². The largest absolute Gasteiger partial charge is 0.458 e. The van der Waals surface area contributed by atoms with Crippen LogP contribution in [0.5, 0.6) is 0 Å². The highest BCUT2D eigenvalue weighted by Gasteiger charge is 2.83. The zero-order valence-corrected chi connectivity index (χ0v) is 29.4. The molecule has 45 heavy (non-hydrogen) atoms. The standard InChI is InChI=1S/C38H60O7/c1-10-11-12-13-14-15-16-17-18-19-29(39)45-37-22-26(6)36-21-25(5)33(44-34(42)27(7)23(2)3)38(36,43)31(40)24(4)20-28(32(36)41)30(37)35(37,8)9/h20-21,23,26-28,30-31,33,40,43H,10-19,22H2,1-9H3/t26-,27+,28-,30-,31-,33+,36+,37+,38+/m1/s1. The third-order valence-electron chi connectivity index (χ3n) is 12.4. The normalized spacial score (nSPS) is 37.1. The molecule has 0 amide bonds. The van der Waals surface area contributed by atoms with E-state index >= 15 is 0 Å². The highest BCUT2D eigenvalue weighted by molar-refractivity contribution is 5.96. The molecule has 7 nitrogen and oxygen atoms in total. The molecular weight excluding hydrogens is 568 g/mol. The first-order chi connectivity index (χ1) is 21.0. The summed E-state index contributed by atoms with van der Waals surface area (Å²) in [4.78, 5) is 41.4. The van der Waals surface area contributed by atoms with E-state index < -0.39 is 58.0 Å². The molecule has 0 unspecified atom stereocenters. The van der Waals surface area contributed by atoms with Crippen LogP contribution in [-0.4, -0.2) is 51.3 Å². The fourth-order valence-corrected chi connectivity index (χ4v) is 9.20. The second-order valence-corrected chi connectivity index (χ2v) is 15.9. The predicted octanol–water partition coefficient (Wildman–Crippen LogP) is 7.27. The van der Waals surface area contributed by atoms with Crippen LogP contribution in [0.25, 0.3) is 0 Å². The molecule has 4 aliphatic rings. The molecule has 2 bridgehead atoms. The fraction of sp³-hybridized carbons (Fsp3) is 0.816. The van der Waals surface area contributed by atoms with Crippen LogP contribution in [0.1, 0.15) is 133 Å². The second-order valence-electron chi connectivity index (χ2n) is 15.9. The van der Waals surface area contributed by atoms with E-state index in [2.05, 4.69) is 20.8 Å². The topological polar surface area (TPSA) is 110 Å². The van der Waals surface area contributed by atoms with Crippen molar-refractivity contribution in [3.05, 3.63) is 23.3 Å². The van der Waals surface area contributed by atoms with Gasteiger partial charge in [-0.2, -0.15) is 0 Å². The number of esters is 2. The van der Waals surface area contributed by atoms with E-state index in [1.54, 1.807) is 32.9 Å². The molecule has 7 heteroatoms. The SMILES string of the molecule is CCCCCCCCCCCC(=O)O[C@@]12C[C@@H](C)[C@]34C=C(C)[C@H](OC(=O)[C@@H](C)C(C)C)[C@@]3(O)[C@H](O)C(C)=C[C@@H](C4=O)[C@@H]1C2(C)C. The van der Waals surface area contributed by atoms with Gasteiger partial charge < -0.3 is 19.7 Å². The van der Waals surface area contributed by atoms with Gasteiger partial charge in [0.15, 0.2) is 17.5 Å². The van der Waals surface area contributed by atoms with Crippen molar-refractivity contribution in [2.75, 3.05) is 0 Å². The predicted molar refractivity (Wildman–Crippen MR) is 175 cm³/mol. The van der Waals surface area contributed by atoms with Gasteiger partial charge >= 0.3 is 11.9 Å². The third-order valence-corrected chi connectivity index (χ3v) is 12.4. The minimum atomic E-state index is -2.09. The first kappa shape index (κ1) is 35.9. The number of carbonyl (C=O) groups is 3. The number of hydrogen-bond donors (Lipinski definition) is 2. The molecule has 0 radical (unpaired) electrons. The van der Waals surface area contributed by atoms with Crippen molar-refractivity contribution in [1.82, 2.24) is 0 Å². The molecule has 2 fully saturated rings. The van der Waals surface area contributed by atoms with Crippen LogP contribution in [0.3, 0.4) is 0 Å². The van der Waals surface area contributed by atoms with Crippen molar-refractivity contribution in [1.29, 1.82) is 0 Å². The minimum Gasteiger partial charge on any atom is -0.458 e. The van der Waals surface area contributed by atoms with Crippen molar-refractivity contribution in [3.63, 3.8) is 0 Å². The van der Waals surface area contributed by atoms with Crippen LogP contribution in [0.4, 0.5) is 0 Å². The van der Waals surface area contributed by atoms with E-state index in [1.165, 1.54) is 38.5 Å². The number of fused-ring (bicyclic) bond motifs is 3. The Balaban J connectivity index is 1.57. The highest BCUT2D eigenvalue weighted by Crippen LogP contribution is 2.75. The molecule has 0 aliphatic heterocycles. The third kappa shape index (κ3) is 5.76. The van der Waals surface area contributed by atoms with Crippen molar-refractivity contribution in [2.45, 2.75) is 156 Å². The van der Waals surface area contributed by atoms with Crippen LogP contribution in [0.2, 0.25) is 0 Å². The highest BCUT2D eigenvalue weighted by atomic mass is 16.6. The monoisotopic (exact) mass is 628 g/mol. The van der Waals surface area contributed by atoms with Gasteiger partial charge in [0.1, 0.15) is 11.7 Å². The number of ketones is 1. The summed E-state index contributed by atoms with van der Waals surface area (Å²) in [5, 5.41) is 24.5. The summed E-state index contributed by atoms with van der Waals surface area (Å²) < 4.78 is 12.4. The maximum absolute atomic E-state index is 14.8. The summed E-state index contributed by atoms with van der Waals surface area (Å²) in [5.41, 5.74) is -3.90. The van der Waals surface area contributed by atoms with Gasteiger partial charge in [-0.1, -0.05) is 112 Å². The number of aliphatic hydroxyl groups excluding tert-OH is 1. The summed E-state index contributed by atoms with van der Waals surface area (Å²) in [6, 6.07) is 0.